The maximum atomic E-state index is 12.3. The molecule has 26 heavy (non-hydrogen) atoms. The fourth-order valence-corrected chi connectivity index (χ4v) is 2.75. The van der Waals surface area contributed by atoms with Crippen LogP contribution in [0.4, 0.5) is 5.82 Å². The third kappa shape index (κ3) is 3.37. The van der Waals surface area contributed by atoms with Crippen LogP contribution in [0.1, 0.15) is 22.1 Å². The highest BCUT2D eigenvalue weighted by Crippen LogP contribution is 2.28. The van der Waals surface area contributed by atoms with E-state index in [0.29, 0.717) is 11.1 Å². The number of benzene rings is 1. The number of nitrogens with zero attached hydrogens (tertiary/aromatic N) is 2. The summed E-state index contributed by atoms with van der Waals surface area (Å²) in [7, 11) is 0. The van der Waals surface area contributed by atoms with Gasteiger partial charge in [-0.3, -0.25) is 9.36 Å². The molecular formula is C17H19N3O6. The summed E-state index contributed by atoms with van der Waals surface area (Å²) >= 11 is 0. The van der Waals surface area contributed by atoms with Gasteiger partial charge in [-0.15, -0.1) is 0 Å². The van der Waals surface area contributed by atoms with Crippen LogP contribution in [0, 0.1) is 6.92 Å². The molecule has 0 spiro atoms. The van der Waals surface area contributed by atoms with E-state index >= 15 is 0 Å². The number of aliphatic hydroxyl groups is 3. The zero-order valence-electron chi connectivity index (χ0n) is 13.9. The summed E-state index contributed by atoms with van der Waals surface area (Å²) in [5.41, 5.74) is 0.113. The van der Waals surface area contributed by atoms with Gasteiger partial charge in [-0.25, -0.2) is 4.79 Å². The lowest BCUT2D eigenvalue weighted by atomic mass is 10.1. The molecule has 0 aliphatic carbocycles. The third-order valence-electron chi connectivity index (χ3n) is 4.19. The number of rotatable bonds is 4. The van der Waals surface area contributed by atoms with Gasteiger partial charge in [0, 0.05) is 17.3 Å². The smallest absolute Gasteiger partial charge is 0.351 e. The fourth-order valence-electron chi connectivity index (χ4n) is 2.75. The molecule has 3 rings (SSSR count). The van der Waals surface area contributed by atoms with Crippen LogP contribution in [0.25, 0.3) is 0 Å². The Bertz CT molecular complexity index is 853. The van der Waals surface area contributed by atoms with Crippen molar-refractivity contribution in [1.29, 1.82) is 0 Å². The lowest BCUT2D eigenvalue weighted by Gasteiger charge is -2.18. The Labute approximate surface area is 148 Å². The lowest BCUT2D eigenvalue weighted by Crippen LogP contribution is -2.36. The van der Waals surface area contributed by atoms with Crippen LogP contribution in [0.5, 0.6) is 0 Å². The summed E-state index contributed by atoms with van der Waals surface area (Å²) < 4.78 is 6.36. The summed E-state index contributed by atoms with van der Waals surface area (Å²) in [6.07, 6.45) is -3.53. The predicted octanol–water partition coefficient (Wildman–Crippen LogP) is -0.584. The van der Waals surface area contributed by atoms with Crippen molar-refractivity contribution in [2.24, 2.45) is 0 Å². The summed E-state index contributed by atoms with van der Waals surface area (Å²) in [4.78, 5) is 28.4. The van der Waals surface area contributed by atoms with Crippen LogP contribution in [-0.4, -0.2) is 55.7 Å². The zero-order valence-corrected chi connectivity index (χ0v) is 13.9. The monoisotopic (exact) mass is 361 g/mol. The number of hydrogen-bond acceptors (Lipinski definition) is 7. The minimum absolute atomic E-state index is 0.0897. The molecule has 9 nitrogen and oxygen atoms in total. The van der Waals surface area contributed by atoms with Gasteiger partial charge in [-0.05, 0) is 19.1 Å². The van der Waals surface area contributed by atoms with E-state index in [1.54, 1.807) is 37.3 Å². The van der Waals surface area contributed by atoms with E-state index in [4.69, 9.17) is 9.84 Å². The molecule has 4 atom stereocenters. The van der Waals surface area contributed by atoms with Crippen molar-refractivity contribution in [3.05, 3.63) is 58.1 Å². The Morgan fingerprint density at radius 1 is 1.27 bits per heavy atom. The normalized spacial score (nSPS) is 25.2. The molecule has 1 aliphatic heterocycles. The van der Waals surface area contributed by atoms with E-state index in [2.05, 4.69) is 10.3 Å². The first-order valence-corrected chi connectivity index (χ1v) is 8.01. The molecule has 2 aromatic rings. The van der Waals surface area contributed by atoms with Crippen molar-refractivity contribution in [1.82, 2.24) is 9.55 Å². The molecule has 0 radical (unpaired) electrons. The number of anilines is 1. The molecule has 9 heteroatoms. The number of ether oxygens (including phenoxy) is 1. The van der Waals surface area contributed by atoms with Crippen molar-refractivity contribution in [3.8, 4) is 0 Å². The fraction of sp³-hybridized carbons (Fsp3) is 0.353. The maximum absolute atomic E-state index is 12.3. The van der Waals surface area contributed by atoms with Gasteiger partial charge in [-0.1, -0.05) is 18.2 Å². The number of hydrogen-bond donors (Lipinski definition) is 4. The maximum Gasteiger partial charge on any atom is 0.351 e. The zero-order chi connectivity index (χ0) is 18.8. The summed E-state index contributed by atoms with van der Waals surface area (Å²) in [5.74, 6) is -0.321. The van der Waals surface area contributed by atoms with E-state index in [9.17, 15) is 19.8 Å². The summed E-state index contributed by atoms with van der Waals surface area (Å²) in [6.45, 7) is 1.13. The Morgan fingerprint density at radius 3 is 2.58 bits per heavy atom. The van der Waals surface area contributed by atoms with E-state index in [1.165, 1.54) is 6.20 Å². The molecular weight excluding hydrogens is 342 g/mol. The Kier molecular flexibility index (Phi) is 5.14. The first-order chi connectivity index (χ1) is 12.4. The van der Waals surface area contributed by atoms with E-state index in [0.717, 1.165) is 4.57 Å². The molecule has 4 unspecified atom stereocenters. The molecule has 1 fully saturated rings. The van der Waals surface area contributed by atoms with Crippen molar-refractivity contribution in [2.75, 3.05) is 11.9 Å². The van der Waals surface area contributed by atoms with E-state index in [-0.39, 0.29) is 5.82 Å². The largest absolute Gasteiger partial charge is 0.394 e. The van der Waals surface area contributed by atoms with Crippen LogP contribution >= 0.6 is 0 Å². The third-order valence-corrected chi connectivity index (χ3v) is 4.19. The Hall–Kier alpha value is -2.59. The van der Waals surface area contributed by atoms with Crippen molar-refractivity contribution in [3.63, 3.8) is 0 Å². The second-order valence-corrected chi connectivity index (χ2v) is 6.01. The number of carbonyl (C=O) groups excluding carboxylic acids is 1. The van der Waals surface area contributed by atoms with E-state index in [1.807, 2.05) is 0 Å². The number of aliphatic hydroxyl groups excluding tert-OH is 3. The summed E-state index contributed by atoms with van der Waals surface area (Å²) in [6, 6.07) is 8.47. The van der Waals surface area contributed by atoms with Crippen molar-refractivity contribution < 1.29 is 24.9 Å². The quantitative estimate of drug-likeness (QED) is 0.572. The highest BCUT2D eigenvalue weighted by molar-refractivity contribution is 6.03. The Morgan fingerprint density at radius 2 is 1.96 bits per heavy atom. The molecule has 2 heterocycles. The van der Waals surface area contributed by atoms with Gasteiger partial charge in [0.25, 0.3) is 5.91 Å². The van der Waals surface area contributed by atoms with E-state index < -0.39 is 42.7 Å². The highest BCUT2D eigenvalue weighted by atomic mass is 16.6. The molecule has 0 bridgehead atoms. The first-order valence-electron chi connectivity index (χ1n) is 8.01. The number of aromatic nitrogens is 2. The van der Waals surface area contributed by atoms with Crippen molar-refractivity contribution >= 4 is 11.7 Å². The lowest BCUT2D eigenvalue weighted by molar-refractivity contribution is -0.0550. The SMILES string of the molecule is Cc1cn(C2OC(CO)C(O)C2O)c(=O)nc1NC(=O)c1ccccc1. The van der Waals surface area contributed by atoms with Crippen LogP contribution in [0.15, 0.2) is 41.3 Å². The summed E-state index contributed by atoms with van der Waals surface area (Å²) in [5, 5.41) is 31.6. The molecule has 1 saturated heterocycles. The topological polar surface area (TPSA) is 134 Å². The molecule has 1 amide bonds. The molecule has 4 N–H and O–H groups in total. The van der Waals surface area contributed by atoms with Gasteiger partial charge in [0.2, 0.25) is 0 Å². The van der Waals surface area contributed by atoms with Crippen LogP contribution in [0.2, 0.25) is 0 Å². The van der Waals surface area contributed by atoms with Gasteiger partial charge < -0.3 is 25.4 Å². The standard InChI is InChI=1S/C17H19N3O6/c1-9-7-20(16-13(23)12(22)11(8-21)26-16)17(25)19-14(9)18-15(24)10-5-3-2-4-6-10/h2-7,11-13,16,21-23H,8H2,1H3,(H,18,19,24,25). The number of aryl methyl sites for hydroxylation is 1. The van der Waals surface area contributed by atoms with Crippen molar-refractivity contribution in [2.45, 2.75) is 31.5 Å². The number of amides is 1. The average molecular weight is 361 g/mol. The highest BCUT2D eigenvalue weighted by Gasteiger charge is 2.43. The number of carbonyl (C=O) groups is 1. The average Bonchev–Trinajstić information content (AvgIpc) is 2.93. The van der Waals surface area contributed by atoms with Gasteiger partial charge >= 0.3 is 5.69 Å². The molecule has 0 saturated carbocycles. The van der Waals surface area contributed by atoms with Gasteiger partial charge in [0.15, 0.2) is 6.23 Å². The second-order valence-electron chi connectivity index (χ2n) is 6.01. The van der Waals surface area contributed by atoms with Crippen LogP contribution in [0.3, 0.4) is 0 Å². The molecule has 1 aromatic heterocycles. The Balaban J connectivity index is 1.85. The first kappa shape index (κ1) is 18.2. The van der Waals surface area contributed by atoms with Gasteiger partial charge in [-0.2, -0.15) is 4.98 Å². The molecule has 1 aromatic carbocycles. The van der Waals surface area contributed by atoms with Gasteiger partial charge in [0.05, 0.1) is 6.61 Å². The van der Waals surface area contributed by atoms with Crippen LogP contribution < -0.4 is 11.0 Å². The predicted molar refractivity (Wildman–Crippen MR) is 90.6 cm³/mol. The van der Waals surface area contributed by atoms with Gasteiger partial charge in [0.1, 0.15) is 24.1 Å². The molecule has 1 aliphatic rings. The second kappa shape index (κ2) is 7.34. The van der Waals surface area contributed by atoms with Crippen LogP contribution in [-0.2, 0) is 4.74 Å². The minimum atomic E-state index is -1.39. The molecule has 138 valence electrons. The minimum Gasteiger partial charge on any atom is -0.394 e. The number of nitrogens with one attached hydrogen (secondary N) is 1.